The van der Waals surface area contributed by atoms with Gasteiger partial charge in [0.15, 0.2) is 0 Å². The molecule has 116 valence electrons. The van der Waals surface area contributed by atoms with E-state index in [1.54, 1.807) is 7.11 Å². The minimum Gasteiger partial charge on any atom is -0.497 e. The Bertz CT molecular complexity index is 492. The van der Waals surface area contributed by atoms with Gasteiger partial charge in [-0.05, 0) is 67.1 Å². The number of ether oxygens (including phenoxy) is 1. The Kier molecular flexibility index (Phi) is 4.46. The molecule has 3 heteroatoms. The summed E-state index contributed by atoms with van der Waals surface area (Å²) in [7, 11) is 1.74. The largest absolute Gasteiger partial charge is 0.497 e. The first-order valence-electron chi connectivity index (χ1n) is 8.21. The van der Waals surface area contributed by atoms with Crippen LogP contribution < -0.4 is 10.1 Å². The quantitative estimate of drug-likeness (QED) is 0.906. The van der Waals surface area contributed by atoms with Crippen LogP contribution in [0.4, 0.5) is 0 Å². The van der Waals surface area contributed by atoms with E-state index in [4.69, 9.17) is 4.74 Å². The monoisotopic (exact) mass is 307 g/mol. The first-order valence-corrected chi connectivity index (χ1v) is 8.21. The fourth-order valence-corrected chi connectivity index (χ4v) is 5.33. The molecule has 0 aliphatic heterocycles. The zero-order chi connectivity index (χ0) is 13.5. The smallest absolute Gasteiger partial charge is 0.119 e. The molecule has 1 N–H and O–H groups in total. The van der Waals surface area contributed by atoms with Crippen LogP contribution in [0.25, 0.3) is 0 Å². The van der Waals surface area contributed by atoms with Crippen LogP contribution in [0.3, 0.4) is 0 Å². The van der Waals surface area contributed by atoms with Crippen LogP contribution in [0.2, 0.25) is 0 Å². The van der Waals surface area contributed by atoms with Gasteiger partial charge in [-0.3, -0.25) is 0 Å². The molecule has 1 aromatic carbocycles. The van der Waals surface area contributed by atoms with E-state index in [1.807, 2.05) is 6.07 Å². The molecule has 0 radical (unpaired) electrons. The highest BCUT2D eigenvalue weighted by Crippen LogP contribution is 2.58. The summed E-state index contributed by atoms with van der Waals surface area (Å²) in [5.41, 5.74) is 1.34. The van der Waals surface area contributed by atoms with E-state index in [-0.39, 0.29) is 12.4 Å². The van der Waals surface area contributed by atoms with Gasteiger partial charge in [0.2, 0.25) is 0 Å². The van der Waals surface area contributed by atoms with Crippen LogP contribution in [0, 0.1) is 23.7 Å². The van der Waals surface area contributed by atoms with Crippen LogP contribution in [0.15, 0.2) is 24.3 Å². The van der Waals surface area contributed by atoms with Crippen molar-refractivity contribution in [2.45, 2.75) is 44.7 Å². The number of fused-ring (bicyclic) bond motifs is 5. The fraction of sp³-hybridized carbons (Fsp3) is 0.667. The lowest BCUT2D eigenvalue weighted by atomic mass is 9.79. The molecule has 21 heavy (non-hydrogen) atoms. The molecule has 4 rings (SSSR count). The number of hydrogen-bond donors (Lipinski definition) is 1. The fourth-order valence-electron chi connectivity index (χ4n) is 5.33. The second-order valence-electron chi connectivity index (χ2n) is 6.99. The third-order valence-corrected chi connectivity index (χ3v) is 6.13. The maximum Gasteiger partial charge on any atom is 0.119 e. The van der Waals surface area contributed by atoms with Crippen LogP contribution >= 0.6 is 12.4 Å². The molecular formula is C18H26ClNO. The van der Waals surface area contributed by atoms with Gasteiger partial charge in [0.25, 0.3) is 0 Å². The Hall–Kier alpha value is -0.730. The van der Waals surface area contributed by atoms with Gasteiger partial charge in [0.05, 0.1) is 7.11 Å². The highest BCUT2D eigenvalue weighted by Gasteiger charge is 2.53. The zero-order valence-corrected chi connectivity index (χ0v) is 13.6. The zero-order valence-electron chi connectivity index (χ0n) is 12.8. The van der Waals surface area contributed by atoms with Gasteiger partial charge in [-0.15, -0.1) is 12.4 Å². The third-order valence-electron chi connectivity index (χ3n) is 6.13. The maximum absolute atomic E-state index is 5.31. The van der Waals surface area contributed by atoms with Crippen molar-refractivity contribution in [3.63, 3.8) is 0 Å². The molecule has 3 aliphatic carbocycles. The predicted molar refractivity (Wildman–Crippen MR) is 87.9 cm³/mol. The molecule has 2 nitrogen and oxygen atoms in total. The van der Waals surface area contributed by atoms with Crippen LogP contribution in [-0.4, -0.2) is 13.2 Å². The van der Waals surface area contributed by atoms with E-state index in [2.05, 4.69) is 23.5 Å². The lowest BCUT2D eigenvalue weighted by molar-refractivity contribution is 0.208. The summed E-state index contributed by atoms with van der Waals surface area (Å²) in [5.74, 6) is 5.12. The van der Waals surface area contributed by atoms with Crippen molar-refractivity contribution in [2.24, 2.45) is 23.7 Å². The summed E-state index contributed by atoms with van der Waals surface area (Å²) in [6.45, 7) is 0.989. The molecule has 1 aromatic rings. The second-order valence-corrected chi connectivity index (χ2v) is 6.99. The van der Waals surface area contributed by atoms with Crippen LogP contribution in [0.5, 0.6) is 5.75 Å². The molecule has 5 atom stereocenters. The molecule has 3 aliphatic rings. The average Bonchev–Trinajstić information content (AvgIpc) is 3.17. The summed E-state index contributed by atoms with van der Waals surface area (Å²) in [4.78, 5) is 0. The van der Waals surface area contributed by atoms with Crippen molar-refractivity contribution in [1.29, 1.82) is 0 Å². The molecule has 0 aromatic heterocycles. The summed E-state index contributed by atoms with van der Waals surface area (Å²) in [6, 6.07) is 9.22. The van der Waals surface area contributed by atoms with Gasteiger partial charge >= 0.3 is 0 Å². The molecule has 2 unspecified atom stereocenters. The van der Waals surface area contributed by atoms with Crippen molar-refractivity contribution < 1.29 is 4.74 Å². The summed E-state index contributed by atoms with van der Waals surface area (Å²) >= 11 is 0. The minimum absolute atomic E-state index is 0. The molecule has 3 saturated carbocycles. The number of benzene rings is 1. The van der Waals surface area contributed by atoms with E-state index in [0.717, 1.165) is 42.0 Å². The maximum atomic E-state index is 5.31. The SMILES string of the molecule is COc1cccc(CN[C@@H]2CC3CC2[C@@H]2CCC[C@H]32)c1.Cl. The predicted octanol–water partition coefficient (Wildman–Crippen LogP) is 4.03. The molecule has 0 saturated heterocycles. The number of halogens is 1. The Morgan fingerprint density at radius 2 is 2.00 bits per heavy atom. The first-order chi connectivity index (χ1) is 9.85. The average molecular weight is 308 g/mol. The minimum atomic E-state index is 0. The highest BCUT2D eigenvalue weighted by atomic mass is 35.5. The van der Waals surface area contributed by atoms with Crippen molar-refractivity contribution in [2.75, 3.05) is 7.11 Å². The lowest BCUT2D eigenvalue weighted by Gasteiger charge is -2.32. The Labute approximate surface area is 134 Å². The van der Waals surface area contributed by atoms with Crippen molar-refractivity contribution in [1.82, 2.24) is 5.32 Å². The van der Waals surface area contributed by atoms with E-state index in [9.17, 15) is 0 Å². The molecule has 3 fully saturated rings. The van der Waals surface area contributed by atoms with E-state index in [1.165, 1.54) is 37.7 Å². The molecule has 0 heterocycles. The Morgan fingerprint density at radius 1 is 1.14 bits per heavy atom. The lowest BCUT2D eigenvalue weighted by Crippen LogP contribution is -2.38. The van der Waals surface area contributed by atoms with E-state index < -0.39 is 0 Å². The first kappa shape index (κ1) is 15.2. The summed E-state index contributed by atoms with van der Waals surface area (Å²) < 4.78 is 5.31. The van der Waals surface area contributed by atoms with E-state index in [0.29, 0.717) is 0 Å². The second kappa shape index (κ2) is 6.18. The summed E-state index contributed by atoms with van der Waals surface area (Å²) in [6.07, 6.45) is 7.45. The van der Waals surface area contributed by atoms with Crippen molar-refractivity contribution in [3.05, 3.63) is 29.8 Å². The van der Waals surface area contributed by atoms with Crippen molar-refractivity contribution in [3.8, 4) is 5.75 Å². The normalized spacial score (nSPS) is 36.3. The summed E-state index contributed by atoms with van der Waals surface area (Å²) in [5, 5.41) is 3.84. The van der Waals surface area contributed by atoms with E-state index >= 15 is 0 Å². The third kappa shape index (κ3) is 2.68. The van der Waals surface area contributed by atoms with Gasteiger partial charge in [0, 0.05) is 12.6 Å². The molecule has 0 spiro atoms. The molecule has 0 amide bonds. The highest BCUT2D eigenvalue weighted by molar-refractivity contribution is 5.85. The van der Waals surface area contributed by atoms with Crippen LogP contribution in [0.1, 0.15) is 37.7 Å². The topological polar surface area (TPSA) is 21.3 Å². The van der Waals surface area contributed by atoms with Gasteiger partial charge < -0.3 is 10.1 Å². The number of hydrogen-bond acceptors (Lipinski definition) is 2. The molecule has 2 bridgehead atoms. The van der Waals surface area contributed by atoms with Crippen LogP contribution in [-0.2, 0) is 6.54 Å². The number of rotatable bonds is 4. The molecular weight excluding hydrogens is 282 g/mol. The Balaban J connectivity index is 0.00000132. The van der Waals surface area contributed by atoms with Gasteiger partial charge in [-0.1, -0.05) is 18.6 Å². The standard InChI is InChI=1S/C18H25NO.ClH/c1-20-14-5-2-4-12(8-14)11-19-18-10-13-9-17(18)16-7-3-6-15(13)16;/h2,4-5,8,13,15-19H,3,6-7,9-11H2,1H3;1H/t13?,15-,16-,17?,18-;/m1./s1. The Morgan fingerprint density at radius 3 is 2.86 bits per heavy atom. The van der Waals surface area contributed by atoms with Gasteiger partial charge in [-0.25, -0.2) is 0 Å². The van der Waals surface area contributed by atoms with Gasteiger partial charge in [0.1, 0.15) is 5.75 Å². The number of methoxy groups -OCH3 is 1. The van der Waals surface area contributed by atoms with Crippen molar-refractivity contribution >= 4 is 12.4 Å². The van der Waals surface area contributed by atoms with Gasteiger partial charge in [-0.2, -0.15) is 0 Å². The number of nitrogens with one attached hydrogen (secondary N) is 1.